The normalized spacial score (nSPS) is 39.5. The summed E-state index contributed by atoms with van der Waals surface area (Å²) in [5, 5.41) is 15.5. The Morgan fingerprint density at radius 3 is 2.50 bits per heavy atom. The topological polar surface area (TPSA) is 181 Å². The number of aliphatic hydroxyl groups excluding tert-OH is 1. The zero-order chi connectivity index (χ0) is 43.7. The Morgan fingerprint density at radius 1 is 1.05 bits per heavy atom. The van der Waals surface area contributed by atoms with Crippen LogP contribution in [0.4, 0.5) is 4.79 Å². The molecule has 0 saturated carbocycles. The molecule has 15 heteroatoms. The molecule has 2 N–H and O–H groups in total. The number of ether oxygens (including phenoxy) is 7. The van der Waals surface area contributed by atoms with Crippen molar-refractivity contribution >= 4 is 34.7 Å². The molecule has 332 valence electrons. The van der Waals surface area contributed by atoms with Gasteiger partial charge in [-0.2, -0.15) is 0 Å². The van der Waals surface area contributed by atoms with Crippen LogP contribution in [0.2, 0.25) is 0 Å². The molecule has 5 heterocycles. The van der Waals surface area contributed by atoms with Crippen molar-refractivity contribution in [1.29, 1.82) is 0 Å². The van der Waals surface area contributed by atoms with Crippen molar-refractivity contribution < 1.29 is 57.4 Å². The average Bonchev–Trinajstić information content (AvgIpc) is 3.54. The largest absolute Gasteiger partial charge is 0.458 e. The van der Waals surface area contributed by atoms with E-state index in [1.165, 1.54) is 0 Å². The fourth-order valence-electron chi connectivity index (χ4n) is 10.1. The molecule has 4 saturated heterocycles. The summed E-state index contributed by atoms with van der Waals surface area (Å²) in [5.74, 6) is -4.52. The molecule has 2 bridgehead atoms. The van der Waals surface area contributed by atoms with E-state index in [4.69, 9.17) is 33.2 Å². The maximum Gasteiger partial charge on any atom is 0.407 e. The first-order chi connectivity index (χ1) is 28.3. The van der Waals surface area contributed by atoms with Gasteiger partial charge in [-0.05, 0) is 73.2 Å². The molecule has 0 aliphatic carbocycles. The van der Waals surface area contributed by atoms with Gasteiger partial charge in [-0.25, -0.2) is 4.79 Å². The van der Waals surface area contributed by atoms with E-state index < -0.39 is 95.6 Å². The lowest BCUT2D eigenvalue weighted by Crippen LogP contribution is -2.60. The monoisotopic (exact) mass is 839 g/mol. The number of benzene rings is 1. The van der Waals surface area contributed by atoms with Gasteiger partial charge in [-0.1, -0.05) is 45.9 Å². The molecule has 15 nitrogen and oxygen atoms in total. The highest BCUT2D eigenvalue weighted by molar-refractivity contribution is 5.85. The van der Waals surface area contributed by atoms with Crippen molar-refractivity contribution in [3.63, 3.8) is 0 Å². The van der Waals surface area contributed by atoms with Crippen LogP contribution in [0.25, 0.3) is 10.9 Å². The van der Waals surface area contributed by atoms with E-state index in [-0.39, 0.29) is 50.6 Å². The Hall–Kier alpha value is -3.73. The number of hydrogen-bond acceptors (Lipinski definition) is 14. The summed E-state index contributed by atoms with van der Waals surface area (Å²) in [6.45, 7) is 14.4. The van der Waals surface area contributed by atoms with Crippen molar-refractivity contribution in [2.75, 3.05) is 27.3 Å². The van der Waals surface area contributed by atoms with E-state index in [0.717, 1.165) is 10.9 Å². The Morgan fingerprint density at radius 2 is 1.78 bits per heavy atom. The second kappa shape index (κ2) is 18.7. The summed E-state index contributed by atoms with van der Waals surface area (Å²) in [4.78, 5) is 61.7. The average molecular weight is 840 g/mol. The van der Waals surface area contributed by atoms with Gasteiger partial charge < -0.3 is 48.5 Å². The van der Waals surface area contributed by atoms with Crippen molar-refractivity contribution in [1.82, 2.24) is 15.2 Å². The fourth-order valence-corrected chi connectivity index (χ4v) is 10.1. The first-order valence-electron chi connectivity index (χ1n) is 21.5. The SMILES string of the molecule is CC[C@H]1OC(=O)[C@H](C)[C@H]2OCC(NC(=O)OCc3cnc4ccccc4c3)CO[C@](C)(C[C@@H](C)C(=O)[C@H](C)[C@@H]3CC(=O)O[C@]13C)[C@H](O[C@@H]1O[C@H](C)C[C@H](N(C)C)[C@H]1O)[C@@H]2C. The van der Waals surface area contributed by atoms with Gasteiger partial charge in [0.1, 0.15) is 30.2 Å². The number of pyridine rings is 1. The van der Waals surface area contributed by atoms with Crippen LogP contribution in [0.1, 0.15) is 86.6 Å². The van der Waals surface area contributed by atoms with Gasteiger partial charge in [0.25, 0.3) is 0 Å². The fraction of sp³-hybridized carbons (Fsp3) is 0.711. The first kappa shape index (κ1) is 45.8. The predicted octanol–water partition coefficient (Wildman–Crippen LogP) is 4.98. The predicted molar refractivity (Wildman–Crippen MR) is 219 cm³/mol. The molecule has 1 aromatic carbocycles. The Balaban J connectivity index is 1.36. The number of aromatic nitrogens is 1. The molecule has 2 aromatic rings. The number of nitrogens with one attached hydrogen (secondary N) is 1. The third-order valence-electron chi connectivity index (χ3n) is 13.4. The molecule has 15 atom stereocenters. The van der Waals surface area contributed by atoms with Gasteiger partial charge >= 0.3 is 18.0 Å². The number of rotatable bonds is 7. The number of cyclic esters (lactones) is 1. The minimum Gasteiger partial charge on any atom is -0.458 e. The summed E-state index contributed by atoms with van der Waals surface area (Å²) in [5.41, 5.74) is -0.995. The van der Waals surface area contributed by atoms with Crippen molar-refractivity contribution in [3.8, 4) is 0 Å². The van der Waals surface area contributed by atoms with Crippen LogP contribution in [-0.2, 0) is 54.1 Å². The zero-order valence-electron chi connectivity index (χ0n) is 36.8. The molecule has 1 aromatic heterocycles. The van der Waals surface area contributed by atoms with E-state index in [9.17, 15) is 24.3 Å². The lowest BCUT2D eigenvalue weighted by atomic mass is 9.70. The van der Waals surface area contributed by atoms with Gasteiger partial charge in [-0.3, -0.25) is 19.4 Å². The van der Waals surface area contributed by atoms with Gasteiger partial charge in [0.05, 0.1) is 61.0 Å². The number of carbonyl (C=O) groups excluding carboxylic acids is 4. The Bertz CT molecular complexity index is 1860. The van der Waals surface area contributed by atoms with Gasteiger partial charge in [-0.15, -0.1) is 0 Å². The molecule has 6 rings (SSSR count). The number of amides is 1. The number of para-hydroxylation sites is 1. The Labute approximate surface area is 353 Å². The molecule has 1 unspecified atom stereocenters. The summed E-state index contributed by atoms with van der Waals surface area (Å²) in [7, 11) is 3.78. The number of likely N-dealkylation sites (N-methyl/N-ethyl adjacent to an activating group) is 1. The summed E-state index contributed by atoms with van der Waals surface area (Å²) < 4.78 is 44.6. The molecule has 1 amide bonds. The molecule has 4 fully saturated rings. The van der Waals surface area contributed by atoms with Crippen LogP contribution in [0, 0.1) is 29.6 Å². The summed E-state index contributed by atoms with van der Waals surface area (Å²) in [6.07, 6.45) is -3.05. The van der Waals surface area contributed by atoms with Gasteiger partial charge in [0.15, 0.2) is 6.29 Å². The molecular weight excluding hydrogens is 775 g/mol. The van der Waals surface area contributed by atoms with Gasteiger partial charge in [0, 0.05) is 46.9 Å². The zero-order valence-corrected chi connectivity index (χ0v) is 36.8. The van der Waals surface area contributed by atoms with Crippen LogP contribution in [0.15, 0.2) is 36.5 Å². The third-order valence-corrected chi connectivity index (χ3v) is 13.4. The number of nitrogens with zero attached hydrogens (tertiary/aromatic N) is 2. The van der Waals surface area contributed by atoms with E-state index in [1.807, 2.05) is 83.9 Å². The number of carbonyl (C=O) groups is 4. The quantitative estimate of drug-likeness (QED) is 0.282. The number of ketones is 1. The van der Waals surface area contributed by atoms with Crippen LogP contribution in [-0.4, -0.2) is 126 Å². The first-order valence-corrected chi connectivity index (χ1v) is 21.5. The maximum atomic E-state index is 14.6. The number of Topliss-reactive ketones (excluding diaryl/α,β-unsaturated/α-hetero) is 1. The van der Waals surface area contributed by atoms with Crippen molar-refractivity contribution in [3.05, 3.63) is 42.1 Å². The van der Waals surface area contributed by atoms with Crippen LogP contribution in [0.3, 0.4) is 0 Å². The smallest absolute Gasteiger partial charge is 0.407 e. The lowest BCUT2D eigenvalue weighted by Gasteiger charge is -2.48. The number of aliphatic hydroxyl groups is 1. The molecule has 0 spiro atoms. The summed E-state index contributed by atoms with van der Waals surface area (Å²) in [6, 6.07) is 8.53. The second-order valence-corrected chi connectivity index (χ2v) is 18.3. The highest BCUT2D eigenvalue weighted by Gasteiger charge is 2.57. The van der Waals surface area contributed by atoms with Gasteiger partial charge in [0.2, 0.25) is 0 Å². The van der Waals surface area contributed by atoms with E-state index in [2.05, 4.69) is 10.3 Å². The minimum atomic E-state index is -1.29. The molecule has 4 aliphatic heterocycles. The van der Waals surface area contributed by atoms with E-state index in [0.29, 0.717) is 18.4 Å². The molecule has 4 aliphatic rings. The van der Waals surface area contributed by atoms with Crippen LogP contribution >= 0.6 is 0 Å². The number of alkyl carbamates (subject to hydrolysis) is 1. The standard InChI is InChI=1S/C45H65N3O12/c1-11-35-45(8)32(18-36(49)60-45)26(4)37(50)24(2)19-44(7)40(59-42-38(51)34(48(9)10)16-25(3)57-42)27(5)39(28(6)41(52)58-35)54-22-31(23-56-44)47-43(53)55-21-29-17-30-14-12-13-15-33(30)46-20-29/h12-15,17,20,24-28,31-32,34-35,38-40,42,51H,11,16,18-19,21-23H2,1-10H3,(H,47,53)/t24-,25-,26-,27-,28-,31?,32+,34+,35-,38-,39+,40-,42+,44-,45+/m1/s1. The van der Waals surface area contributed by atoms with E-state index in [1.54, 1.807) is 27.0 Å². The number of hydrogen-bond donors (Lipinski definition) is 2. The maximum absolute atomic E-state index is 14.6. The third kappa shape index (κ3) is 9.66. The van der Waals surface area contributed by atoms with Crippen LogP contribution in [0.5, 0.6) is 0 Å². The minimum absolute atomic E-state index is 0.00492. The number of fused-ring (bicyclic) bond motifs is 5. The summed E-state index contributed by atoms with van der Waals surface area (Å²) >= 11 is 0. The highest BCUT2D eigenvalue weighted by Crippen LogP contribution is 2.46. The second-order valence-electron chi connectivity index (χ2n) is 18.3. The highest BCUT2D eigenvalue weighted by atomic mass is 16.7. The molecular formula is C45H65N3O12. The molecule has 60 heavy (non-hydrogen) atoms. The molecule has 0 radical (unpaired) electrons. The van der Waals surface area contributed by atoms with E-state index >= 15 is 0 Å². The number of esters is 2. The van der Waals surface area contributed by atoms with Crippen molar-refractivity contribution in [2.45, 2.75) is 148 Å². The van der Waals surface area contributed by atoms with Crippen LogP contribution < -0.4 is 5.32 Å². The Kier molecular flexibility index (Phi) is 14.3. The lowest BCUT2D eigenvalue weighted by molar-refractivity contribution is -0.302. The van der Waals surface area contributed by atoms with Crippen molar-refractivity contribution in [2.24, 2.45) is 29.6 Å².